The molecule has 2 N–H and O–H groups in total. The third-order valence-corrected chi connectivity index (χ3v) is 6.69. The molecule has 0 atom stereocenters. The molecule has 9 heteroatoms. The molecule has 0 fully saturated rings. The van der Waals surface area contributed by atoms with Crippen LogP contribution in [0.3, 0.4) is 0 Å². The minimum atomic E-state index is -0.650. The molecule has 0 aliphatic rings. The van der Waals surface area contributed by atoms with E-state index in [-0.39, 0.29) is 24.4 Å². The van der Waals surface area contributed by atoms with Crippen LogP contribution in [-0.4, -0.2) is 20.9 Å². The first-order valence-electron chi connectivity index (χ1n) is 13.0. The zero-order valence-electron chi connectivity index (χ0n) is 22.3. The van der Waals surface area contributed by atoms with Crippen molar-refractivity contribution in [3.8, 4) is 0 Å². The van der Waals surface area contributed by atoms with E-state index < -0.39 is 23.0 Å². The number of fused-ring (bicyclic) bond motifs is 1. The summed E-state index contributed by atoms with van der Waals surface area (Å²) in [5, 5.41) is 5.81. The normalized spacial score (nSPS) is 10.9. The molecule has 0 spiro atoms. The van der Waals surface area contributed by atoms with Gasteiger partial charge in [0.1, 0.15) is 12.4 Å². The zero-order chi connectivity index (χ0) is 28.9. The Hall–Kier alpha value is -5.31. The quantitative estimate of drug-likeness (QED) is 0.302. The molecule has 0 unspecified atom stereocenters. The number of aromatic nitrogens is 2. The lowest BCUT2D eigenvalue weighted by molar-refractivity contribution is -0.116. The summed E-state index contributed by atoms with van der Waals surface area (Å²) in [6.45, 7) is 1.99. The minimum Gasteiger partial charge on any atom is -0.348 e. The summed E-state index contributed by atoms with van der Waals surface area (Å²) in [5.41, 5.74) is 2.78. The van der Waals surface area contributed by atoms with Crippen LogP contribution in [0.5, 0.6) is 0 Å². The Balaban J connectivity index is 1.36. The Morgan fingerprint density at radius 2 is 1.44 bits per heavy atom. The predicted octanol–water partition coefficient (Wildman–Crippen LogP) is 4.23. The highest BCUT2D eigenvalue weighted by atomic mass is 19.1. The van der Waals surface area contributed by atoms with Gasteiger partial charge in [-0.25, -0.2) is 9.18 Å². The Kier molecular flexibility index (Phi) is 7.87. The lowest BCUT2D eigenvalue weighted by atomic mass is 10.1. The second kappa shape index (κ2) is 11.8. The van der Waals surface area contributed by atoms with Crippen LogP contribution in [0.25, 0.3) is 10.9 Å². The van der Waals surface area contributed by atoms with Crippen molar-refractivity contribution >= 4 is 28.4 Å². The van der Waals surface area contributed by atoms with E-state index in [1.165, 1.54) is 28.8 Å². The topological polar surface area (TPSA) is 102 Å². The maximum atomic E-state index is 13.5. The first kappa shape index (κ1) is 27.3. The van der Waals surface area contributed by atoms with Crippen LogP contribution < -0.4 is 21.9 Å². The highest BCUT2D eigenvalue weighted by Gasteiger charge is 2.16. The monoisotopic (exact) mass is 550 g/mol. The number of aryl methyl sites for hydroxylation is 1. The van der Waals surface area contributed by atoms with Crippen molar-refractivity contribution in [3.05, 3.63) is 146 Å². The average Bonchev–Trinajstić information content (AvgIpc) is 2.98. The third kappa shape index (κ3) is 6.30. The van der Waals surface area contributed by atoms with E-state index >= 15 is 0 Å². The summed E-state index contributed by atoms with van der Waals surface area (Å²) in [6, 6.07) is 26.4. The second-order valence-corrected chi connectivity index (χ2v) is 9.70. The van der Waals surface area contributed by atoms with Gasteiger partial charge in [-0.15, -0.1) is 0 Å². The van der Waals surface area contributed by atoms with E-state index in [1.807, 2.05) is 31.2 Å². The molecule has 0 saturated heterocycles. The number of carbonyl (C=O) groups excluding carboxylic acids is 2. The Labute approximate surface area is 234 Å². The molecule has 1 heterocycles. The first-order chi connectivity index (χ1) is 19.8. The molecule has 4 aromatic carbocycles. The lowest BCUT2D eigenvalue weighted by Gasteiger charge is -2.14. The van der Waals surface area contributed by atoms with Gasteiger partial charge in [0.2, 0.25) is 5.91 Å². The molecule has 8 nitrogen and oxygen atoms in total. The summed E-state index contributed by atoms with van der Waals surface area (Å²) in [5.74, 6) is -1.18. The van der Waals surface area contributed by atoms with Crippen molar-refractivity contribution in [3.63, 3.8) is 0 Å². The van der Waals surface area contributed by atoms with Crippen LogP contribution in [0.1, 0.15) is 27.0 Å². The molecule has 1 aromatic heterocycles. The molecule has 5 rings (SSSR count). The van der Waals surface area contributed by atoms with E-state index in [4.69, 9.17) is 0 Å². The maximum Gasteiger partial charge on any atom is 0.332 e. The van der Waals surface area contributed by atoms with E-state index in [0.717, 1.165) is 15.7 Å². The van der Waals surface area contributed by atoms with Crippen LogP contribution in [0.2, 0.25) is 0 Å². The number of amides is 2. The molecule has 0 bridgehead atoms. The van der Waals surface area contributed by atoms with Gasteiger partial charge in [0.25, 0.3) is 11.5 Å². The molecular weight excluding hydrogens is 523 g/mol. The summed E-state index contributed by atoms with van der Waals surface area (Å²) in [7, 11) is 0. The molecule has 0 aliphatic carbocycles. The molecule has 2 amide bonds. The van der Waals surface area contributed by atoms with Crippen LogP contribution in [-0.2, 0) is 24.4 Å². The van der Waals surface area contributed by atoms with Gasteiger partial charge in [0, 0.05) is 17.8 Å². The van der Waals surface area contributed by atoms with E-state index in [1.54, 1.807) is 48.5 Å². The SMILES string of the molecule is Cc1ccc(CNC(=O)c2ccc(Cn3c(=O)c4ccccc4n(CC(=O)Nc4ccc(F)cc4)c3=O)cc2)cc1. The van der Waals surface area contributed by atoms with Crippen LogP contribution >= 0.6 is 0 Å². The molecule has 0 aliphatic heterocycles. The van der Waals surface area contributed by atoms with Crippen LogP contribution in [0.15, 0.2) is 107 Å². The summed E-state index contributed by atoms with van der Waals surface area (Å²) >= 11 is 0. The number of nitrogens with one attached hydrogen (secondary N) is 2. The number of rotatable bonds is 8. The number of para-hydroxylation sites is 1. The molecule has 206 valence electrons. The molecule has 0 radical (unpaired) electrons. The van der Waals surface area contributed by atoms with E-state index in [2.05, 4.69) is 10.6 Å². The number of halogens is 1. The van der Waals surface area contributed by atoms with Crippen molar-refractivity contribution in [2.45, 2.75) is 26.6 Å². The average molecular weight is 551 g/mol. The highest BCUT2D eigenvalue weighted by molar-refractivity contribution is 5.94. The fraction of sp³-hybridized carbons (Fsp3) is 0.125. The predicted molar refractivity (Wildman–Crippen MR) is 155 cm³/mol. The fourth-order valence-corrected chi connectivity index (χ4v) is 4.47. The standard InChI is InChI=1S/C32H27FN4O4/c1-21-6-8-22(9-7-21)18-34-30(39)24-12-10-23(11-13-24)19-37-31(40)27-4-2-3-5-28(27)36(32(37)41)20-29(38)35-26-16-14-25(33)15-17-26/h2-17H,18-20H2,1H3,(H,34,39)(H,35,38). The molecule has 0 saturated carbocycles. The first-order valence-corrected chi connectivity index (χ1v) is 13.0. The number of hydrogen-bond acceptors (Lipinski definition) is 4. The van der Waals surface area contributed by atoms with Gasteiger partial charge in [-0.05, 0) is 66.6 Å². The number of hydrogen-bond donors (Lipinski definition) is 2. The molecular formula is C32H27FN4O4. The fourth-order valence-electron chi connectivity index (χ4n) is 4.47. The van der Waals surface area contributed by atoms with E-state index in [9.17, 15) is 23.6 Å². The Morgan fingerprint density at radius 3 is 2.15 bits per heavy atom. The zero-order valence-corrected chi connectivity index (χ0v) is 22.3. The number of nitrogens with zero attached hydrogens (tertiary/aromatic N) is 2. The summed E-state index contributed by atoms with van der Waals surface area (Å²) < 4.78 is 15.5. The van der Waals surface area contributed by atoms with Gasteiger partial charge in [-0.2, -0.15) is 0 Å². The van der Waals surface area contributed by atoms with Gasteiger partial charge < -0.3 is 10.6 Å². The van der Waals surface area contributed by atoms with Crippen LogP contribution in [0, 0.1) is 12.7 Å². The smallest absolute Gasteiger partial charge is 0.332 e. The van der Waals surface area contributed by atoms with Gasteiger partial charge in [0.05, 0.1) is 17.4 Å². The lowest BCUT2D eigenvalue weighted by Crippen LogP contribution is -2.42. The van der Waals surface area contributed by atoms with Gasteiger partial charge in [-0.3, -0.25) is 23.5 Å². The van der Waals surface area contributed by atoms with Crippen molar-refractivity contribution in [2.75, 3.05) is 5.32 Å². The Morgan fingerprint density at radius 1 is 0.780 bits per heavy atom. The maximum absolute atomic E-state index is 13.5. The summed E-state index contributed by atoms with van der Waals surface area (Å²) in [6.07, 6.45) is 0. The molecule has 5 aromatic rings. The highest BCUT2D eigenvalue weighted by Crippen LogP contribution is 2.12. The van der Waals surface area contributed by atoms with E-state index in [0.29, 0.717) is 28.9 Å². The van der Waals surface area contributed by atoms with Gasteiger partial charge in [0.15, 0.2) is 0 Å². The van der Waals surface area contributed by atoms with Crippen molar-refractivity contribution in [2.24, 2.45) is 0 Å². The van der Waals surface area contributed by atoms with Gasteiger partial charge >= 0.3 is 5.69 Å². The largest absolute Gasteiger partial charge is 0.348 e. The minimum absolute atomic E-state index is 0.0483. The number of carbonyl (C=O) groups is 2. The molecule has 41 heavy (non-hydrogen) atoms. The summed E-state index contributed by atoms with van der Waals surface area (Å²) in [4.78, 5) is 52.2. The number of anilines is 1. The van der Waals surface area contributed by atoms with Crippen molar-refractivity contribution in [1.82, 2.24) is 14.5 Å². The van der Waals surface area contributed by atoms with Crippen molar-refractivity contribution in [1.29, 1.82) is 0 Å². The van der Waals surface area contributed by atoms with Gasteiger partial charge in [-0.1, -0.05) is 54.1 Å². The van der Waals surface area contributed by atoms with Crippen molar-refractivity contribution < 1.29 is 14.0 Å². The van der Waals surface area contributed by atoms with Crippen LogP contribution in [0.4, 0.5) is 10.1 Å². The number of benzene rings is 4. The third-order valence-electron chi connectivity index (χ3n) is 6.69. The Bertz CT molecular complexity index is 1840. The second-order valence-electron chi connectivity index (χ2n) is 9.70.